The molecule has 0 aliphatic carbocycles. The molecule has 1 amide bonds. The maximum atomic E-state index is 13.0. The maximum absolute atomic E-state index is 13.0. The van der Waals surface area contributed by atoms with E-state index in [-0.39, 0.29) is 0 Å². The van der Waals surface area contributed by atoms with E-state index in [2.05, 4.69) is 15.9 Å². The van der Waals surface area contributed by atoms with Crippen molar-refractivity contribution < 1.29 is 22.4 Å². The molecule has 0 fully saturated rings. The Morgan fingerprint density at radius 2 is 1.87 bits per heavy atom. The third-order valence-electron chi connectivity index (χ3n) is 1.64. The lowest BCUT2D eigenvalue weighted by atomic mass is 10.1. The van der Waals surface area contributed by atoms with Crippen LogP contribution >= 0.6 is 15.9 Å². The summed E-state index contributed by atoms with van der Waals surface area (Å²) in [6.45, 7) is 0. The van der Waals surface area contributed by atoms with Gasteiger partial charge < -0.3 is 5.73 Å². The highest BCUT2D eigenvalue weighted by Crippen LogP contribution is 2.37. The van der Waals surface area contributed by atoms with Gasteiger partial charge in [0.2, 0.25) is 0 Å². The van der Waals surface area contributed by atoms with E-state index in [1.807, 2.05) is 0 Å². The Kier molecular flexibility index (Phi) is 3.03. The number of amides is 1. The number of alkyl halides is 3. The number of hydrogen-bond acceptors (Lipinski definition) is 1. The van der Waals surface area contributed by atoms with Crippen LogP contribution in [0.1, 0.15) is 15.9 Å². The molecule has 1 aromatic carbocycles. The van der Waals surface area contributed by atoms with Gasteiger partial charge in [0.05, 0.1) is 11.1 Å². The zero-order valence-electron chi connectivity index (χ0n) is 7.03. The van der Waals surface area contributed by atoms with Crippen LogP contribution in [0.25, 0.3) is 0 Å². The van der Waals surface area contributed by atoms with E-state index in [9.17, 15) is 22.4 Å². The van der Waals surface area contributed by atoms with Gasteiger partial charge in [0, 0.05) is 4.47 Å². The molecule has 2 nitrogen and oxygen atoms in total. The van der Waals surface area contributed by atoms with Gasteiger partial charge in [-0.3, -0.25) is 4.79 Å². The van der Waals surface area contributed by atoms with Crippen molar-refractivity contribution >= 4 is 21.8 Å². The van der Waals surface area contributed by atoms with Gasteiger partial charge >= 0.3 is 6.18 Å². The van der Waals surface area contributed by atoms with Gasteiger partial charge in [-0.05, 0) is 28.1 Å². The average molecular weight is 286 g/mol. The highest BCUT2D eigenvalue weighted by molar-refractivity contribution is 9.10. The first kappa shape index (κ1) is 12.0. The van der Waals surface area contributed by atoms with Crippen LogP contribution in [0.2, 0.25) is 0 Å². The standard InChI is InChI=1S/C8H4BrF4NO/c9-6-3(8(11,12)13)1-2-4(10)5(6)7(14)15/h1-2H,(H2,14,15). The Bertz CT molecular complexity index is 416. The van der Waals surface area contributed by atoms with Crippen molar-refractivity contribution in [3.05, 3.63) is 33.5 Å². The average Bonchev–Trinajstić information content (AvgIpc) is 2.00. The van der Waals surface area contributed by atoms with Crippen molar-refractivity contribution in [3.63, 3.8) is 0 Å². The first-order valence-corrected chi connectivity index (χ1v) is 4.39. The molecule has 0 aliphatic heterocycles. The molecule has 15 heavy (non-hydrogen) atoms. The zero-order valence-corrected chi connectivity index (χ0v) is 8.62. The molecule has 1 rings (SSSR count). The van der Waals surface area contributed by atoms with Crippen LogP contribution in [0.3, 0.4) is 0 Å². The third-order valence-corrected chi connectivity index (χ3v) is 2.47. The Labute approximate surface area is 90.2 Å². The van der Waals surface area contributed by atoms with Gasteiger partial charge in [0.1, 0.15) is 5.82 Å². The number of primary amides is 1. The Hall–Kier alpha value is -1.11. The molecule has 1 aromatic rings. The lowest BCUT2D eigenvalue weighted by Gasteiger charge is -2.11. The van der Waals surface area contributed by atoms with Gasteiger partial charge in [-0.25, -0.2) is 4.39 Å². The predicted molar refractivity (Wildman–Crippen MR) is 47.6 cm³/mol. The molecule has 0 bridgehead atoms. The van der Waals surface area contributed by atoms with Crippen LogP contribution < -0.4 is 5.73 Å². The van der Waals surface area contributed by atoms with E-state index in [1.54, 1.807) is 0 Å². The summed E-state index contributed by atoms with van der Waals surface area (Å²) in [7, 11) is 0. The quantitative estimate of drug-likeness (QED) is 0.792. The molecule has 82 valence electrons. The first-order valence-electron chi connectivity index (χ1n) is 3.60. The highest BCUT2D eigenvalue weighted by atomic mass is 79.9. The fourth-order valence-corrected chi connectivity index (χ4v) is 1.74. The molecular formula is C8H4BrF4NO. The summed E-state index contributed by atoms with van der Waals surface area (Å²) in [6.07, 6.45) is -4.67. The zero-order chi connectivity index (χ0) is 11.8. The molecule has 0 saturated heterocycles. The molecule has 0 aliphatic rings. The number of hydrogen-bond donors (Lipinski definition) is 1. The van der Waals surface area contributed by atoms with Crippen LogP contribution in [0.4, 0.5) is 17.6 Å². The van der Waals surface area contributed by atoms with Gasteiger partial charge in [-0.1, -0.05) is 0 Å². The van der Waals surface area contributed by atoms with E-state index >= 15 is 0 Å². The second-order valence-corrected chi connectivity index (χ2v) is 3.44. The van der Waals surface area contributed by atoms with Crippen molar-refractivity contribution in [3.8, 4) is 0 Å². The Morgan fingerprint density at radius 3 is 2.27 bits per heavy atom. The number of carbonyl (C=O) groups is 1. The summed E-state index contributed by atoms with van der Waals surface area (Å²) >= 11 is 2.51. The molecule has 0 unspecified atom stereocenters. The molecule has 0 atom stereocenters. The topological polar surface area (TPSA) is 43.1 Å². The summed E-state index contributed by atoms with van der Waals surface area (Å²) in [4.78, 5) is 10.7. The van der Waals surface area contributed by atoms with E-state index in [0.717, 1.165) is 0 Å². The van der Waals surface area contributed by atoms with Crippen LogP contribution in [0.15, 0.2) is 16.6 Å². The minimum absolute atomic E-state index is 0.534. The van der Waals surface area contributed by atoms with E-state index in [1.165, 1.54) is 0 Å². The second-order valence-electron chi connectivity index (χ2n) is 2.65. The fraction of sp³-hybridized carbons (Fsp3) is 0.125. The number of rotatable bonds is 1. The van der Waals surface area contributed by atoms with Crippen molar-refractivity contribution in [2.45, 2.75) is 6.18 Å². The minimum atomic E-state index is -4.67. The van der Waals surface area contributed by atoms with Crippen LogP contribution in [-0.4, -0.2) is 5.91 Å². The smallest absolute Gasteiger partial charge is 0.365 e. The van der Waals surface area contributed by atoms with Gasteiger partial charge in [-0.15, -0.1) is 0 Å². The predicted octanol–water partition coefficient (Wildman–Crippen LogP) is 2.71. The van der Waals surface area contributed by atoms with Crippen LogP contribution in [0.5, 0.6) is 0 Å². The number of carbonyl (C=O) groups excluding carboxylic acids is 1. The van der Waals surface area contributed by atoms with Gasteiger partial charge in [0.25, 0.3) is 5.91 Å². The minimum Gasteiger partial charge on any atom is -0.365 e. The molecule has 0 radical (unpaired) electrons. The first-order chi connectivity index (χ1) is 6.75. The summed E-state index contributed by atoms with van der Waals surface area (Å²) in [6, 6.07) is 1.08. The molecule has 0 saturated carbocycles. The van der Waals surface area contributed by atoms with E-state index in [0.29, 0.717) is 12.1 Å². The molecule has 0 heterocycles. The third kappa shape index (κ3) is 2.28. The summed E-state index contributed by atoms with van der Waals surface area (Å²) in [5, 5.41) is 0. The van der Waals surface area contributed by atoms with Crippen molar-refractivity contribution in [1.82, 2.24) is 0 Å². The monoisotopic (exact) mass is 285 g/mol. The fourth-order valence-electron chi connectivity index (χ4n) is 0.997. The SMILES string of the molecule is NC(=O)c1c(F)ccc(C(F)(F)F)c1Br. The molecular weight excluding hydrogens is 282 g/mol. The maximum Gasteiger partial charge on any atom is 0.417 e. The Morgan fingerprint density at radius 1 is 1.33 bits per heavy atom. The second kappa shape index (κ2) is 3.80. The van der Waals surface area contributed by atoms with Crippen LogP contribution in [-0.2, 0) is 6.18 Å². The van der Waals surface area contributed by atoms with Gasteiger partial charge in [-0.2, -0.15) is 13.2 Å². The van der Waals surface area contributed by atoms with E-state index < -0.39 is 33.5 Å². The van der Waals surface area contributed by atoms with Crippen LogP contribution in [0, 0.1) is 5.82 Å². The highest BCUT2D eigenvalue weighted by Gasteiger charge is 2.35. The summed E-state index contributed by atoms with van der Waals surface area (Å²) in [5.74, 6) is -2.35. The molecule has 7 heteroatoms. The normalized spacial score (nSPS) is 11.5. The van der Waals surface area contributed by atoms with Crippen molar-refractivity contribution in [2.75, 3.05) is 0 Å². The molecule has 0 spiro atoms. The number of benzene rings is 1. The number of halogens is 5. The summed E-state index contributed by atoms with van der Waals surface area (Å²) < 4.78 is 49.3. The molecule has 0 aromatic heterocycles. The lowest BCUT2D eigenvalue weighted by molar-refractivity contribution is -0.138. The largest absolute Gasteiger partial charge is 0.417 e. The van der Waals surface area contributed by atoms with Crippen molar-refractivity contribution in [1.29, 1.82) is 0 Å². The Balaban J connectivity index is 3.49. The lowest BCUT2D eigenvalue weighted by Crippen LogP contribution is -2.17. The van der Waals surface area contributed by atoms with Crippen molar-refractivity contribution in [2.24, 2.45) is 5.73 Å². The van der Waals surface area contributed by atoms with Gasteiger partial charge in [0.15, 0.2) is 0 Å². The number of nitrogens with two attached hydrogens (primary N) is 1. The van der Waals surface area contributed by atoms with E-state index in [4.69, 9.17) is 5.73 Å². The summed E-state index contributed by atoms with van der Waals surface area (Å²) in [5.41, 5.74) is 2.81. The molecule has 2 N–H and O–H groups in total.